The summed E-state index contributed by atoms with van der Waals surface area (Å²) in [6.07, 6.45) is 2.20. The van der Waals surface area contributed by atoms with Crippen LogP contribution >= 0.6 is 0 Å². The molecule has 3 aromatic rings. The average molecular weight is 430 g/mol. The summed E-state index contributed by atoms with van der Waals surface area (Å²) in [5.74, 6) is 1.57. The molecule has 1 aliphatic rings. The van der Waals surface area contributed by atoms with Crippen LogP contribution in [0.3, 0.4) is 0 Å². The molecule has 32 heavy (non-hydrogen) atoms. The smallest absolute Gasteiger partial charge is 0.229 e. The topological polar surface area (TPSA) is 78.9 Å². The van der Waals surface area contributed by atoms with E-state index in [9.17, 15) is 4.79 Å². The van der Waals surface area contributed by atoms with E-state index >= 15 is 0 Å². The molecular weight excluding hydrogens is 402 g/mol. The minimum Gasteiger partial charge on any atom is -0.487 e. The van der Waals surface area contributed by atoms with Gasteiger partial charge < -0.3 is 20.3 Å². The number of aromatic nitrogens is 1. The number of anilines is 1. The number of nitrogens with zero attached hydrogens (tertiary/aromatic N) is 3. The van der Waals surface area contributed by atoms with Crippen LogP contribution in [0.4, 0.5) is 5.69 Å². The molecule has 2 N–H and O–H groups in total. The normalized spacial score (nSPS) is 16.2. The van der Waals surface area contributed by atoms with E-state index in [1.165, 1.54) is 0 Å². The molecule has 0 bridgehead atoms. The fourth-order valence-electron chi connectivity index (χ4n) is 3.62. The fourth-order valence-corrected chi connectivity index (χ4v) is 3.62. The van der Waals surface area contributed by atoms with Crippen molar-refractivity contribution >= 4 is 17.6 Å². The molecule has 1 aliphatic heterocycles. The van der Waals surface area contributed by atoms with Gasteiger partial charge in [-0.05, 0) is 42.0 Å². The molecule has 1 atom stereocenters. The second-order valence-electron chi connectivity index (χ2n) is 7.57. The Bertz CT molecular complexity index is 1060. The van der Waals surface area contributed by atoms with Gasteiger partial charge in [0.15, 0.2) is 5.96 Å². The molecule has 2 aromatic carbocycles. The van der Waals surface area contributed by atoms with Gasteiger partial charge in [-0.15, -0.1) is 0 Å². The van der Waals surface area contributed by atoms with Crippen LogP contribution in [0.15, 0.2) is 84.0 Å². The maximum absolute atomic E-state index is 12.4. The van der Waals surface area contributed by atoms with E-state index in [1.54, 1.807) is 13.2 Å². The second-order valence-corrected chi connectivity index (χ2v) is 7.57. The largest absolute Gasteiger partial charge is 0.487 e. The lowest BCUT2D eigenvalue weighted by atomic mass is 10.2. The van der Waals surface area contributed by atoms with Gasteiger partial charge in [-0.3, -0.25) is 14.8 Å². The Balaban J connectivity index is 1.29. The van der Waals surface area contributed by atoms with Crippen molar-refractivity contribution in [2.75, 3.05) is 18.5 Å². The summed E-state index contributed by atoms with van der Waals surface area (Å²) in [4.78, 5) is 22.8. The monoisotopic (exact) mass is 429 g/mol. The van der Waals surface area contributed by atoms with E-state index in [0.717, 1.165) is 22.7 Å². The Kier molecular flexibility index (Phi) is 6.97. The lowest BCUT2D eigenvalue weighted by Gasteiger charge is -2.19. The number of pyridine rings is 1. The Morgan fingerprint density at radius 1 is 1.12 bits per heavy atom. The Labute approximate surface area is 188 Å². The first kappa shape index (κ1) is 21.4. The third-order valence-corrected chi connectivity index (χ3v) is 5.23. The van der Waals surface area contributed by atoms with Crippen LogP contribution < -0.4 is 20.3 Å². The number of benzene rings is 2. The van der Waals surface area contributed by atoms with Crippen molar-refractivity contribution in [1.29, 1.82) is 0 Å². The molecule has 0 aliphatic carbocycles. The number of carbonyl (C=O) groups excluding carboxylic acids is 1. The number of hydrogen-bond donors (Lipinski definition) is 2. The van der Waals surface area contributed by atoms with Gasteiger partial charge >= 0.3 is 0 Å². The molecule has 0 spiro atoms. The van der Waals surface area contributed by atoms with Gasteiger partial charge in [-0.1, -0.05) is 36.4 Å². The van der Waals surface area contributed by atoms with E-state index in [-0.39, 0.29) is 11.9 Å². The molecular formula is C25H27N5O2. The molecule has 1 saturated heterocycles. The van der Waals surface area contributed by atoms with Gasteiger partial charge in [-0.25, -0.2) is 0 Å². The highest BCUT2D eigenvalue weighted by Gasteiger charge is 2.31. The lowest BCUT2D eigenvalue weighted by molar-refractivity contribution is -0.117. The summed E-state index contributed by atoms with van der Waals surface area (Å²) in [6.45, 7) is 1.62. The van der Waals surface area contributed by atoms with Gasteiger partial charge in [0.25, 0.3) is 0 Å². The molecule has 7 heteroatoms. The minimum absolute atomic E-state index is 0.00180. The third kappa shape index (κ3) is 5.63. The highest BCUT2D eigenvalue weighted by Crippen LogP contribution is 2.21. The maximum atomic E-state index is 12.4. The highest BCUT2D eigenvalue weighted by atomic mass is 16.5. The van der Waals surface area contributed by atoms with Crippen molar-refractivity contribution in [2.24, 2.45) is 4.99 Å². The summed E-state index contributed by atoms with van der Waals surface area (Å²) >= 11 is 0. The molecule has 7 nitrogen and oxygen atoms in total. The molecule has 4 rings (SSSR count). The van der Waals surface area contributed by atoms with Crippen LogP contribution in [0.5, 0.6) is 5.75 Å². The summed E-state index contributed by atoms with van der Waals surface area (Å²) in [6, 6.07) is 23.4. The van der Waals surface area contributed by atoms with E-state index < -0.39 is 0 Å². The van der Waals surface area contributed by atoms with Crippen molar-refractivity contribution < 1.29 is 9.53 Å². The van der Waals surface area contributed by atoms with Gasteiger partial charge in [0.2, 0.25) is 5.91 Å². The van der Waals surface area contributed by atoms with Crippen molar-refractivity contribution in [2.45, 2.75) is 25.6 Å². The quantitative estimate of drug-likeness (QED) is 0.446. The zero-order valence-electron chi connectivity index (χ0n) is 18.1. The molecule has 0 saturated carbocycles. The SMILES string of the molecule is CN=C(NCc1cccc(OCc2ccccn2)c1)NC1CC(=O)N(c2ccccc2)C1. The Hall–Kier alpha value is -3.87. The standard InChI is InChI=1S/C25H27N5O2/c1-26-25(29-21-15-24(31)30(17-21)22-10-3-2-4-11-22)28-16-19-8-7-12-23(14-19)32-18-20-9-5-6-13-27-20/h2-14,21H,15-18H2,1H3,(H2,26,28,29). The van der Waals surface area contributed by atoms with Crippen molar-refractivity contribution in [1.82, 2.24) is 15.6 Å². The van der Waals surface area contributed by atoms with Crippen LogP contribution in [0.2, 0.25) is 0 Å². The van der Waals surface area contributed by atoms with Gasteiger partial charge in [0.1, 0.15) is 12.4 Å². The Morgan fingerprint density at radius 2 is 1.97 bits per heavy atom. The zero-order chi connectivity index (χ0) is 22.2. The molecule has 0 radical (unpaired) electrons. The number of ether oxygens (including phenoxy) is 1. The Morgan fingerprint density at radius 3 is 2.75 bits per heavy atom. The molecule has 1 fully saturated rings. The van der Waals surface area contributed by atoms with Gasteiger partial charge in [0.05, 0.1) is 11.7 Å². The van der Waals surface area contributed by atoms with Crippen molar-refractivity contribution in [3.63, 3.8) is 0 Å². The fraction of sp³-hybridized carbons (Fsp3) is 0.240. The van der Waals surface area contributed by atoms with Crippen molar-refractivity contribution in [3.05, 3.63) is 90.3 Å². The predicted octanol–water partition coefficient (Wildman–Crippen LogP) is 3.13. The first-order valence-electron chi connectivity index (χ1n) is 10.7. The lowest BCUT2D eigenvalue weighted by Crippen LogP contribution is -2.44. The number of guanidine groups is 1. The van der Waals surface area contributed by atoms with E-state index in [2.05, 4.69) is 20.6 Å². The summed E-state index contributed by atoms with van der Waals surface area (Å²) in [5, 5.41) is 6.69. The van der Waals surface area contributed by atoms with E-state index in [1.807, 2.05) is 77.7 Å². The van der Waals surface area contributed by atoms with E-state index in [0.29, 0.717) is 32.1 Å². The molecule has 1 unspecified atom stereocenters. The summed E-state index contributed by atoms with van der Waals surface area (Å²) in [5.41, 5.74) is 2.88. The third-order valence-electron chi connectivity index (χ3n) is 5.23. The maximum Gasteiger partial charge on any atom is 0.229 e. The first-order valence-corrected chi connectivity index (χ1v) is 10.7. The van der Waals surface area contributed by atoms with Crippen LogP contribution in [0.1, 0.15) is 17.7 Å². The van der Waals surface area contributed by atoms with Gasteiger partial charge in [-0.2, -0.15) is 0 Å². The number of carbonyl (C=O) groups is 1. The van der Waals surface area contributed by atoms with Crippen LogP contribution in [-0.2, 0) is 17.9 Å². The molecule has 1 aromatic heterocycles. The molecule has 1 amide bonds. The average Bonchev–Trinajstić information content (AvgIpc) is 3.22. The number of hydrogen-bond acceptors (Lipinski definition) is 4. The minimum atomic E-state index is 0.00180. The molecule has 164 valence electrons. The van der Waals surface area contributed by atoms with Crippen LogP contribution in [-0.4, -0.2) is 36.5 Å². The summed E-state index contributed by atoms with van der Waals surface area (Å²) in [7, 11) is 1.73. The number of para-hydroxylation sites is 1. The van der Waals surface area contributed by atoms with Gasteiger partial charge in [0, 0.05) is 38.4 Å². The number of nitrogens with one attached hydrogen (secondary N) is 2. The molecule has 2 heterocycles. The van der Waals surface area contributed by atoms with E-state index in [4.69, 9.17) is 4.74 Å². The highest BCUT2D eigenvalue weighted by molar-refractivity contribution is 5.97. The number of amides is 1. The summed E-state index contributed by atoms with van der Waals surface area (Å²) < 4.78 is 5.86. The van der Waals surface area contributed by atoms with Crippen molar-refractivity contribution in [3.8, 4) is 5.75 Å². The number of aliphatic imine (C=N–C) groups is 1. The zero-order valence-corrected chi connectivity index (χ0v) is 18.1. The number of rotatable bonds is 7. The van der Waals surface area contributed by atoms with Crippen LogP contribution in [0.25, 0.3) is 0 Å². The van der Waals surface area contributed by atoms with Crippen LogP contribution in [0, 0.1) is 0 Å². The first-order chi connectivity index (χ1) is 15.7. The predicted molar refractivity (Wildman–Crippen MR) is 126 cm³/mol. The second kappa shape index (κ2) is 10.4.